The fourth-order valence-electron chi connectivity index (χ4n) is 2.78. The van der Waals surface area contributed by atoms with E-state index in [-0.39, 0.29) is 6.10 Å². The van der Waals surface area contributed by atoms with E-state index in [9.17, 15) is 0 Å². The standard InChI is InChI=1S/C22H23ClN2O/c23-21-10-8-19(9-11-21)7-4-16-26-22(12-14-25-15-13-24-18-25)17-20-5-2-1-3-6-20/h1-11,13,15,18,22H,12,14,16-17H2. The van der Waals surface area contributed by atoms with Crippen LogP contribution in [0, 0.1) is 0 Å². The van der Waals surface area contributed by atoms with Gasteiger partial charge in [-0.05, 0) is 36.1 Å². The second-order valence-electron chi connectivity index (χ2n) is 6.19. The van der Waals surface area contributed by atoms with Crippen LogP contribution in [0.5, 0.6) is 0 Å². The fourth-order valence-corrected chi connectivity index (χ4v) is 2.91. The van der Waals surface area contributed by atoms with Gasteiger partial charge in [-0.15, -0.1) is 0 Å². The summed E-state index contributed by atoms with van der Waals surface area (Å²) in [5, 5.41) is 0.751. The van der Waals surface area contributed by atoms with Crippen molar-refractivity contribution >= 4 is 17.7 Å². The highest BCUT2D eigenvalue weighted by atomic mass is 35.5. The number of aromatic nitrogens is 2. The van der Waals surface area contributed by atoms with Crippen LogP contribution >= 0.6 is 11.6 Å². The lowest BCUT2D eigenvalue weighted by atomic mass is 10.1. The van der Waals surface area contributed by atoms with Crippen LogP contribution in [0.3, 0.4) is 0 Å². The van der Waals surface area contributed by atoms with Gasteiger partial charge in [-0.2, -0.15) is 0 Å². The zero-order chi connectivity index (χ0) is 18.0. The van der Waals surface area contributed by atoms with Gasteiger partial charge >= 0.3 is 0 Å². The van der Waals surface area contributed by atoms with Crippen molar-refractivity contribution in [2.75, 3.05) is 6.61 Å². The number of aryl methyl sites for hydroxylation is 1. The maximum atomic E-state index is 6.14. The first-order valence-electron chi connectivity index (χ1n) is 8.83. The van der Waals surface area contributed by atoms with E-state index in [2.05, 4.69) is 46.0 Å². The molecule has 0 N–H and O–H groups in total. The summed E-state index contributed by atoms with van der Waals surface area (Å²) < 4.78 is 8.23. The highest BCUT2D eigenvalue weighted by Gasteiger charge is 2.10. The number of nitrogens with zero attached hydrogens (tertiary/aromatic N) is 2. The predicted molar refractivity (Wildman–Crippen MR) is 107 cm³/mol. The van der Waals surface area contributed by atoms with Gasteiger partial charge in [-0.25, -0.2) is 4.98 Å². The molecule has 3 nitrogen and oxygen atoms in total. The lowest BCUT2D eigenvalue weighted by Crippen LogP contribution is -2.18. The number of ether oxygens (including phenoxy) is 1. The van der Waals surface area contributed by atoms with Crippen LogP contribution in [0.1, 0.15) is 17.5 Å². The normalized spacial score (nSPS) is 12.5. The van der Waals surface area contributed by atoms with Crippen LogP contribution in [-0.4, -0.2) is 22.3 Å². The van der Waals surface area contributed by atoms with Crippen LogP contribution in [0.2, 0.25) is 5.02 Å². The molecule has 0 aliphatic rings. The molecule has 134 valence electrons. The number of imidazole rings is 1. The van der Waals surface area contributed by atoms with Crippen molar-refractivity contribution < 1.29 is 4.74 Å². The van der Waals surface area contributed by atoms with Gasteiger partial charge in [0.1, 0.15) is 0 Å². The number of hydrogen-bond donors (Lipinski definition) is 0. The Morgan fingerprint density at radius 2 is 1.88 bits per heavy atom. The minimum atomic E-state index is 0.162. The highest BCUT2D eigenvalue weighted by molar-refractivity contribution is 6.30. The highest BCUT2D eigenvalue weighted by Crippen LogP contribution is 2.13. The molecule has 1 heterocycles. The minimum Gasteiger partial charge on any atom is -0.374 e. The molecule has 3 aromatic rings. The van der Waals surface area contributed by atoms with E-state index in [1.165, 1.54) is 5.56 Å². The van der Waals surface area contributed by atoms with Crippen LogP contribution < -0.4 is 0 Å². The maximum Gasteiger partial charge on any atom is 0.0945 e. The van der Waals surface area contributed by atoms with E-state index < -0.39 is 0 Å². The number of hydrogen-bond acceptors (Lipinski definition) is 2. The Morgan fingerprint density at radius 3 is 2.62 bits per heavy atom. The predicted octanol–water partition coefficient (Wildman–Crippen LogP) is 5.27. The van der Waals surface area contributed by atoms with Gasteiger partial charge in [0.25, 0.3) is 0 Å². The van der Waals surface area contributed by atoms with E-state index in [4.69, 9.17) is 16.3 Å². The first-order chi connectivity index (χ1) is 12.8. The molecule has 0 aliphatic carbocycles. The number of rotatable bonds is 9. The molecule has 0 fully saturated rings. The van der Waals surface area contributed by atoms with Crippen molar-refractivity contribution in [1.82, 2.24) is 9.55 Å². The van der Waals surface area contributed by atoms with E-state index >= 15 is 0 Å². The molecular weight excluding hydrogens is 344 g/mol. The van der Waals surface area contributed by atoms with Gasteiger partial charge in [-0.3, -0.25) is 0 Å². The molecular formula is C22H23ClN2O. The fraction of sp³-hybridized carbons (Fsp3) is 0.227. The minimum absolute atomic E-state index is 0.162. The van der Waals surface area contributed by atoms with Crippen molar-refractivity contribution in [3.8, 4) is 0 Å². The van der Waals surface area contributed by atoms with Gasteiger partial charge in [0.05, 0.1) is 19.0 Å². The third-order valence-electron chi connectivity index (χ3n) is 4.18. The summed E-state index contributed by atoms with van der Waals surface area (Å²) in [6.07, 6.45) is 11.8. The molecule has 0 spiro atoms. The summed E-state index contributed by atoms with van der Waals surface area (Å²) in [6.45, 7) is 1.49. The Kier molecular flexibility index (Phi) is 7.05. The molecule has 0 saturated carbocycles. The Morgan fingerprint density at radius 1 is 1.08 bits per heavy atom. The van der Waals surface area contributed by atoms with E-state index in [0.717, 1.165) is 30.0 Å². The Balaban J connectivity index is 1.54. The summed E-state index contributed by atoms with van der Waals surface area (Å²) in [5.41, 5.74) is 2.42. The van der Waals surface area contributed by atoms with Gasteiger partial charge in [0.2, 0.25) is 0 Å². The zero-order valence-corrected chi connectivity index (χ0v) is 15.4. The lowest BCUT2D eigenvalue weighted by Gasteiger charge is -2.17. The SMILES string of the molecule is Clc1ccc(C=CCOC(CCn2ccnc2)Cc2ccccc2)cc1. The van der Waals surface area contributed by atoms with E-state index in [1.54, 1.807) is 0 Å². The van der Waals surface area contributed by atoms with Gasteiger partial charge in [0.15, 0.2) is 0 Å². The largest absolute Gasteiger partial charge is 0.374 e. The average molecular weight is 367 g/mol. The van der Waals surface area contributed by atoms with E-state index in [0.29, 0.717) is 6.61 Å². The third-order valence-corrected chi connectivity index (χ3v) is 4.44. The Bertz CT molecular complexity index is 783. The molecule has 3 rings (SSSR count). The quantitative estimate of drug-likeness (QED) is 0.516. The summed E-state index contributed by atoms with van der Waals surface area (Å²) in [4.78, 5) is 4.10. The Hall–Kier alpha value is -2.36. The molecule has 1 unspecified atom stereocenters. The van der Waals surface area contributed by atoms with Gasteiger partial charge in [0, 0.05) is 24.0 Å². The van der Waals surface area contributed by atoms with Gasteiger partial charge in [-0.1, -0.05) is 66.2 Å². The van der Waals surface area contributed by atoms with Crippen LogP contribution in [0.15, 0.2) is 79.4 Å². The van der Waals surface area contributed by atoms with Crippen LogP contribution in [0.25, 0.3) is 6.08 Å². The molecule has 26 heavy (non-hydrogen) atoms. The van der Waals surface area contributed by atoms with Gasteiger partial charge < -0.3 is 9.30 Å². The van der Waals surface area contributed by atoms with Crippen molar-refractivity contribution in [2.24, 2.45) is 0 Å². The summed E-state index contributed by atoms with van der Waals surface area (Å²) in [5.74, 6) is 0. The smallest absolute Gasteiger partial charge is 0.0945 e. The van der Waals surface area contributed by atoms with Crippen LogP contribution in [-0.2, 0) is 17.7 Å². The third kappa shape index (κ3) is 6.17. The summed E-state index contributed by atoms with van der Waals surface area (Å²) in [7, 11) is 0. The molecule has 0 saturated heterocycles. The molecule has 2 aromatic carbocycles. The first-order valence-corrected chi connectivity index (χ1v) is 9.21. The molecule has 4 heteroatoms. The average Bonchev–Trinajstić information content (AvgIpc) is 3.19. The second kappa shape index (κ2) is 9.95. The monoisotopic (exact) mass is 366 g/mol. The molecule has 0 amide bonds. The second-order valence-corrected chi connectivity index (χ2v) is 6.62. The zero-order valence-electron chi connectivity index (χ0n) is 14.7. The lowest BCUT2D eigenvalue weighted by molar-refractivity contribution is 0.0650. The first kappa shape index (κ1) is 18.4. The van der Waals surface area contributed by atoms with Crippen molar-refractivity contribution in [3.63, 3.8) is 0 Å². The molecule has 0 bridgehead atoms. The summed E-state index contributed by atoms with van der Waals surface area (Å²) >= 11 is 5.91. The van der Waals surface area contributed by atoms with E-state index in [1.807, 2.05) is 49.1 Å². The summed E-state index contributed by atoms with van der Waals surface area (Å²) in [6, 6.07) is 18.3. The van der Waals surface area contributed by atoms with Crippen LogP contribution in [0.4, 0.5) is 0 Å². The maximum absolute atomic E-state index is 6.14. The van der Waals surface area contributed by atoms with Crippen molar-refractivity contribution in [2.45, 2.75) is 25.5 Å². The van der Waals surface area contributed by atoms with Crippen molar-refractivity contribution in [1.29, 1.82) is 0 Å². The van der Waals surface area contributed by atoms with Crippen molar-refractivity contribution in [3.05, 3.63) is 95.5 Å². The molecule has 0 aliphatic heterocycles. The Labute approximate surface area is 159 Å². The molecule has 1 atom stereocenters. The number of benzene rings is 2. The molecule has 1 aromatic heterocycles. The number of halogens is 1. The molecule has 0 radical (unpaired) electrons. The topological polar surface area (TPSA) is 27.1 Å².